The lowest BCUT2D eigenvalue weighted by Crippen LogP contribution is -2.32. The molecule has 2 rings (SSSR count). The molecule has 0 heterocycles. The Morgan fingerprint density at radius 1 is 1.35 bits per heavy atom. The van der Waals surface area contributed by atoms with Gasteiger partial charge in [0.25, 0.3) is 0 Å². The Morgan fingerprint density at radius 2 is 2.05 bits per heavy atom. The molecular weight excluding hydrogens is 252 g/mol. The van der Waals surface area contributed by atoms with Crippen molar-refractivity contribution in [1.29, 1.82) is 0 Å². The summed E-state index contributed by atoms with van der Waals surface area (Å²) in [4.78, 5) is 12.4. The average molecular weight is 272 g/mol. The van der Waals surface area contributed by atoms with Gasteiger partial charge in [-0.05, 0) is 12.5 Å². The van der Waals surface area contributed by atoms with Gasteiger partial charge in [0.1, 0.15) is 5.76 Å². The van der Waals surface area contributed by atoms with E-state index in [-0.39, 0.29) is 11.5 Å². The molecule has 0 aliphatic heterocycles. The van der Waals surface area contributed by atoms with Gasteiger partial charge in [0.15, 0.2) is 5.78 Å². The Hall–Kier alpha value is -1.87. The predicted octanol–water partition coefficient (Wildman–Crippen LogP) is 3.83. The van der Waals surface area contributed by atoms with Crippen LogP contribution in [0.1, 0.15) is 36.5 Å². The molecule has 0 bridgehead atoms. The Kier molecular flexibility index (Phi) is 4.40. The number of Topliss-reactive ketones (excluding diaryl/α,β-unsaturated/α-hetero) is 1. The van der Waals surface area contributed by atoms with E-state index >= 15 is 0 Å². The van der Waals surface area contributed by atoms with Crippen LogP contribution in [-0.2, 0) is 4.74 Å². The van der Waals surface area contributed by atoms with E-state index in [2.05, 4.69) is 6.92 Å². The third kappa shape index (κ3) is 2.83. The molecule has 0 radical (unpaired) electrons. The minimum Gasteiger partial charge on any atom is -0.511 e. The van der Waals surface area contributed by atoms with Gasteiger partial charge in [-0.25, -0.2) is 0 Å². The van der Waals surface area contributed by atoms with Crippen LogP contribution in [0.4, 0.5) is 0 Å². The van der Waals surface area contributed by atoms with Crippen LogP contribution in [0.25, 0.3) is 0 Å². The fourth-order valence-electron chi connectivity index (χ4n) is 2.56. The van der Waals surface area contributed by atoms with E-state index < -0.39 is 5.60 Å². The molecule has 0 aromatic heterocycles. The second kappa shape index (κ2) is 6.06. The molecule has 106 valence electrons. The first-order valence-corrected chi connectivity index (χ1v) is 6.88. The van der Waals surface area contributed by atoms with E-state index in [4.69, 9.17) is 4.74 Å². The first kappa shape index (κ1) is 14.5. The summed E-state index contributed by atoms with van der Waals surface area (Å²) in [5.74, 6) is -0.0443. The molecule has 3 heteroatoms. The molecule has 20 heavy (non-hydrogen) atoms. The molecule has 1 aliphatic rings. The van der Waals surface area contributed by atoms with Crippen LogP contribution < -0.4 is 0 Å². The highest BCUT2D eigenvalue weighted by molar-refractivity contribution is 6.11. The van der Waals surface area contributed by atoms with Crippen molar-refractivity contribution in [3.05, 3.63) is 59.4 Å². The molecule has 1 aromatic carbocycles. The third-order valence-electron chi connectivity index (χ3n) is 3.69. The highest BCUT2D eigenvalue weighted by Gasteiger charge is 2.32. The number of hydrogen-bond donors (Lipinski definition) is 1. The molecule has 3 nitrogen and oxygen atoms in total. The molecule has 1 atom stereocenters. The van der Waals surface area contributed by atoms with Gasteiger partial charge in [0, 0.05) is 19.1 Å². The number of ether oxygens (including phenoxy) is 1. The lowest BCUT2D eigenvalue weighted by atomic mass is 9.85. The van der Waals surface area contributed by atoms with Crippen LogP contribution in [0.5, 0.6) is 0 Å². The second-order valence-electron chi connectivity index (χ2n) is 5.08. The van der Waals surface area contributed by atoms with Gasteiger partial charge in [0.05, 0.1) is 11.2 Å². The van der Waals surface area contributed by atoms with Crippen LogP contribution in [0.2, 0.25) is 0 Å². The van der Waals surface area contributed by atoms with Crippen molar-refractivity contribution in [2.45, 2.75) is 31.8 Å². The van der Waals surface area contributed by atoms with E-state index in [9.17, 15) is 9.90 Å². The molecular formula is C17H20O3. The van der Waals surface area contributed by atoms with E-state index in [0.717, 1.165) is 12.8 Å². The number of allylic oxidation sites excluding steroid dienone is 2. The number of hydrogen-bond acceptors (Lipinski definition) is 3. The highest BCUT2D eigenvalue weighted by atomic mass is 16.5. The van der Waals surface area contributed by atoms with Gasteiger partial charge in [-0.15, -0.1) is 0 Å². The monoisotopic (exact) mass is 272 g/mol. The van der Waals surface area contributed by atoms with E-state index in [1.165, 1.54) is 0 Å². The Labute approximate surface area is 119 Å². The standard InChI is InChI=1S/C17H20O3/c1-3-10-17(20-2)11-9-14(15(18)12-17)16(19)13-7-5-4-6-8-13/h4-9,11,18H,3,10,12H2,1-2H3. The first-order valence-electron chi connectivity index (χ1n) is 6.88. The number of carbonyl (C=O) groups excluding carboxylic acids is 1. The fraction of sp³-hybridized carbons (Fsp3) is 0.353. The normalized spacial score (nSPS) is 22.1. The number of aliphatic hydroxyl groups excluding tert-OH is 1. The van der Waals surface area contributed by atoms with Crippen LogP contribution >= 0.6 is 0 Å². The number of rotatable bonds is 5. The third-order valence-corrected chi connectivity index (χ3v) is 3.69. The summed E-state index contributed by atoms with van der Waals surface area (Å²) in [6.07, 6.45) is 5.70. The minimum absolute atomic E-state index is 0.108. The summed E-state index contributed by atoms with van der Waals surface area (Å²) >= 11 is 0. The summed E-state index contributed by atoms with van der Waals surface area (Å²) in [5.41, 5.74) is 0.457. The van der Waals surface area contributed by atoms with Crippen LogP contribution in [0, 0.1) is 0 Å². The number of ketones is 1. The van der Waals surface area contributed by atoms with Crippen molar-refractivity contribution >= 4 is 5.78 Å². The molecule has 0 saturated carbocycles. The van der Waals surface area contributed by atoms with Crippen molar-refractivity contribution in [3.8, 4) is 0 Å². The zero-order valence-corrected chi connectivity index (χ0v) is 11.9. The average Bonchev–Trinajstić information content (AvgIpc) is 2.48. The number of methoxy groups -OCH3 is 1. The number of carbonyl (C=O) groups is 1. The zero-order chi connectivity index (χ0) is 14.6. The largest absolute Gasteiger partial charge is 0.511 e. The van der Waals surface area contributed by atoms with Gasteiger partial charge in [-0.1, -0.05) is 49.8 Å². The molecule has 0 fully saturated rings. The van der Waals surface area contributed by atoms with Gasteiger partial charge in [-0.3, -0.25) is 4.79 Å². The van der Waals surface area contributed by atoms with Gasteiger partial charge >= 0.3 is 0 Å². The quantitative estimate of drug-likeness (QED) is 0.829. The minimum atomic E-state index is -0.487. The van der Waals surface area contributed by atoms with E-state index in [0.29, 0.717) is 17.6 Å². The van der Waals surface area contributed by atoms with Crippen molar-refractivity contribution in [2.24, 2.45) is 0 Å². The lowest BCUT2D eigenvalue weighted by Gasteiger charge is -2.31. The van der Waals surface area contributed by atoms with Gasteiger partial charge in [-0.2, -0.15) is 0 Å². The highest BCUT2D eigenvalue weighted by Crippen LogP contribution is 2.33. The van der Waals surface area contributed by atoms with Gasteiger partial charge < -0.3 is 9.84 Å². The summed E-state index contributed by atoms with van der Waals surface area (Å²) in [6, 6.07) is 8.99. The first-order chi connectivity index (χ1) is 9.62. The summed E-state index contributed by atoms with van der Waals surface area (Å²) in [7, 11) is 1.64. The number of aliphatic hydroxyl groups is 1. The Balaban J connectivity index is 2.26. The molecule has 1 aromatic rings. The van der Waals surface area contributed by atoms with Gasteiger partial charge in [0.2, 0.25) is 0 Å². The van der Waals surface area contributed by atoms with Crippen molar-refractivity contribution < 1.29 is 14.6 Å². The van der Waals surface area contributed by atoms with Crippen molar-refractivity contribution in [2.75, 3.05) is 7.11 Å². The van der Waals surface area contributed by atoms with Crippen LogP contribution in [0.15, 0.2) is 53.8 Å². The summed E-state index contributed by atoms with van der Waals surface area (Å²) < 4.78 is 5.53. The van der Waals surface area contributed by atoms with Crippen LogP contribution in [-0.4, -0.2) is 23.6 Å². The van der Waals surface area contributed by atoms with Crippen molar-refractivity contribution in [1.82, 2.24) is 0 Å². The summed E-state index contributed by atoms with van der Waals surface area (Å²) in [6.45, 7) is 2.07. The number of benzene rings is 1. The maximum Gasteiger partial charge on any atom is 0.196 e. The molecule has 1 N–H and O–H groups in total. The van der Waals surface area contributed by atoms with E-state index in [1.807, 2.05) is 24.3 Å². The molecule has 0 saturated heterocycles. The fourth-order valence-corrected chi connectivity index (χ4v) is 2.56. The van der Waals surface area contributed by atoms with Crippen LogP contribution in [0.3, 0.4) is 0 Å². The molecule has 0 spiro atoms. The second-order valence-corrected chi connectivity index (χ2v) is 5.08. The maximum atomic E-state index is 12.4. The Bertz CT molecular complexity index is 543. The molecule has 1 aliphatic carbocycles. The summed E-state index contributed by atoms with van der Waals surface area (Å²) in [5, 5.41) is 10.2. The smallest absolute Gasteiger partial charge is 0.196 e. The van der Waals surface area contributed by atoms with E-state index in [1.54, 1.807) is 25.3 Å². The lowest BCUT2D eigenvalue weighted by molar-refractivity contribution is 0.0148. The van der Waals surface area contributed by atoms with Crippen molar-refractivity contribution in [3.63, 3.8) is 0 Å². The maximum absolute atomic E-state index is 12.4. The molecule has 0 amide bonds. The topological polar surface area (TPSA) is 46.5 Å². The predicted molar refractivity (Wildman–Crippen MR) is 78.8 cm³/mol. The SMILES string of the molecule is CCCC1(OC)C=CC(C(=O)c2ccccc2)=C(O)C1. The zero-order valence-electron chi connectivity index (χ0n) is 11.9. The molecule has 1 unspecified atom stereocenters. The Morgan fingerprint density at radius 3 is 2.60 bits per heavy atom.